The third kappa shape index (κ3) is 1.80. The second kappa shape index (κ2) is 2.99. The molecule has 1 saturated heterocycles. The number of ether oxygens (including phenoxy) is 2. The molecule has 1 heterocycles. The summed E-state index contributed by atoms with van der Waals surface area (Å²) in [6.45, 7) is 8.66. The predicted octanol–water partition coefficient (Wildman–Crippen LogP) is 1.13. The van der Waals surface area contributed by atoms with Crippen LogP contribution in [0.2, 0.25) is 0 Å². The molecule has 1 radical (unpaired) electrons. The first-order chi connectivity index (χ1) is 4.33. The van der Waals surface area contributed by atoms with Crippen LogP contribution in [0.5, 0.6) is 0 Å². The van der Waals surface area contributed by atoms with Crippen molar-refractivity contribution in [3.63, 3.8) is 0 Å². The van der Waals surface area contributed by atoms with E-state index < -0.39 is 0 Å². The minimum absolute atomic E-state index is 0.0741. The summed E-state index contributed by atoms with van der Waals surface area (Å²) in [7, 11) is 0. The van der Waals surface area contributed by atoms with Crippen molar-refractivity contribution in [3.05, 3.63) is 12.2 Å². The van der Waals surface area contributed by atoms with Crippen molar-refractivity contribution in [1.82, 2.24) is 0 Å². The molecular formula is C7H11O2. The SMILES string of the molecule is [CH]=C1COC(OCC)C1. The zero-order chi connectivity index (χ0) is 6.69. The number of rotatable bonds is 2. The van der Waals surface area contributed by atoms with E-state index in [0.29, 0.717) is 13.2 Å². The van der Waals surface area contributed by atoms with Gasteiger partial charge in [-0.3, -0.25) is 0 Å². The van der Waals surface area contributed by atoms with E-state index in [4.69, 9.17) is 16.1 Å². The van der Waals surface area contributed by atoms with Gasteiger partial charge >= 0.3 is 0 Å². The first kappa shape index (κ1) is 6.78. The molecule has 0 bridgehead atoms. The van der Waals surface area contributed by atoms with Crippen LogP contribution >= 0.6 is 0 Å². The third-order valence-corrected chi connectivity index (χ3v) is 1.24. The average Bonchev–Trinajstić information content (AvgIpc) is 2.17. The Morgan fingerprint density at radius 3 is 3.11 bits per heavy atom. The Balaban J connectivity index is 2.22. The van der Waals surface area contributed by atoms with Crippen molar-refractivity contribution >= 4 is 0 Å². The summed E-state index contributed by atoms with van der Waals surface area (Å²) in [6.07, 6.45) is 0.684. The van der Waals surface area contributed by atoms with Crippen LogP contribution in [-0.4, -0.2) is 19.5 Å². The van der Waals surface area contributed by atoms with Gasteiger partial charge in [0.2, 0.25) is 0 Å². The fourth-order valence-corrected chi connectivity index (χ4v) is 0.825. The van der Waals surface area contributed by atoms with Crippen LogP contribution in [0.25, 0.3) is 0 Å². The first-order valence-electron chi connectivity index (χ1n) is 3.16. The van der Waals surface area contributed by atoms with E-state index in [0.717, 1.165) is 12.0 Å². The maximum atomic E-state index is 5.47. The minimum atomic E-state index is -0.0741. The summed E-state index contributed by atoms with van der Waals surface area (Å²) in [5.74, 6) is 0. The topological polar surface area (TPSA) is 18.5 Å². The van der Waals surface area contributed by atoms with E-state index >= 15 is 0 Å². The molecule has 1 aliphatic rings. The van der Waals surface area contributed by atoms with Crippen LogP contribution in [0, 0.1) is 6.58 Å². The molecule has 0 aromatic rings. The predicted molar refractivity (Wildman–Crippen MR) is 33.8 cm³/mol. The van der Waals surface area contributed by atoms with Crippen LogP contribution in [0.15, 0.2) is 5.57 Å². The molecule has 2 nitrogen and oxygen atoms in total. The van der Waals surface area contributed by atoms with Crippen LogP contribution in [-0.2, 0) is 9.47 Å². The molecule has 0 aromatic heterocycles. The van der Waals surface area contributed by atoms with Crippen LogP contribution in [0.3, 0.4) is 0 Å². The summed E-state index contributed by atoms with van der Waals surface area (Å²) < 4.78 is 10.3. The zero-order valence-corrected chi connectivity index (χ0v) is 5.59. The largest absolute Gasteiger partial charge is 0.353 e. The van der Waals surface area contributed by atoms with Gasteiger partial charge in [-0.25, -0.2) is 0 Å². The van der Waals surface area contributed by atoms with Gasteiger partial charge in [-0.15, -0.1) is 0 Å². The highest BCUT2D eigenvalue weighted by molar-refractivity contribution is 4.96. The van der Waals surface area contributed by atoms with Gasteiger partial charge in [0.1, 0.15) is 0 Å². The molecule has 0 aromatic carbocycles. The van der Waals surface area contributed by atoms with Crippen molar-refractivity contribution in [2.75, 3.05) is 13.2 Å². The fraction of sp³-hybridized carbons (Fsp3) is 0.714. The molecule has 1 unspecified atom stereocenters. The number of hydrogen-bond acceptors (Lipinski definition) is 2. The zero-order valence-electron chi connectivity index (χ0n) is 5.59. The summed E-state index contributed by atoms with van der Waals surface area (Å²) >= 11 is 0. The molecule has 0 amide bonds. The maximum Gasteiger partial charge on any atom is 0.161 e. The second-order valence-corrected chi connectivity index (χ2v) is 2.06. The van der Waals surface area contributed by atoms with E-state index in [-0.39, 0.29) is 6.29 Å². The van der Waals surface area contributed by atoms with Crippen molar-refractivity contribution in [3.8, 4) is 0 Å². The molecule has 1 aliphatic heterocycles. The molecule has 51 valence electrons. The molecular weight excluding hydrogens is 116 g/mol. The Labute approximate surface area is 55.5 Å². The van der Waals surface area contributed by atoms with E-state index in [1.54, 1.807) is 0 Å². The lowest BCUT2D eigenvalue weighted by Gasteiger charge is -2.06. The van der Waals surface area contributed by atoms with Crippen LogP contribution in [0.4, 0.5) is 0 Å². The molecule has 2 heteroatoms. The minimum Gasteiger partial charge on any atom is -0.353 e. The van der Waals surface area contributed by atoms with Gasteiger partial charge in [0.15, 0.2) is 6.29 Å². The quantitative estimate of drug-likeness (QED) is 0.553. The Morgan fingerprint density at radius 2 is 2.67 bits per heavy atom. The van der Waals surface area contributed by atoms with Gasteiger partial charge in [-0.2, -0.15) is 0 Å². The molecule has 0 saturated carbocycles. The molecule has 1 rings (SSSR count). The second-order valence-electron chi connectivity index (χ2n) is 2.06. The Kier molecular flexibility index (Phi) is 2.25. The average molecular weight is 127 g/mol. The molecule has 0 N–H and O–H groups in total. The van der Waals surface area contributed by atoms with Crippen molar-refractivity contribution in [1.29, 1.82) is 0 Å². The van der Waals surface area contributed by atoms with Crippen LogP contribution in [0.1, 0.15) is 13.3 Å². The lowest BCUT2D eigenvalue weighted by Crippen LogP contribution is -2.09. The van der Waals surface area contributed by atoms with Crippen molar-refractivity contribution in [2.45, 2.75) is 19.6 Å². The molecule has 0 aliphatic carbocycles. The van der Waals surface area contributed by atoms with Gasteiger partial charge in [-0.1, -0.05) is 6.58 Å². The summed E-state index contributed by atoms with van der Waals surface area (Å²) in [5, 5.41) is 0. The molecule has 0 spiro atoms. The first-order valence-corrected chi connectivity index (χ1v) is 3.16. The molecule has 1 fully saturated rings. The summed E-state index contributed by atoms with van der Waals surface area (Å²) in [6, 6.07) is 0. The highest BCUT2D eigenvalue weighted by Crippen LogP contribution is 2.16. The summed E-state index contributed by atoms with van der Waals surface area (Å²) in [5.41, 5.74) is 0.883. The number of hydrogen-bond donors (Lipinski definition) is 0. The van der Waals surface area contributed by atoms with Crippen LogP contribution < -0.4 is 0 Å². The monoisotopic (exact) mass is 127 g/mol. The van der Waals surface area contributed by atoms with Gasteiger partial charge in [-0.05, 0) is 12.5 Å². The van der Waals surface area contributed by atoms with E-state index in [1.165, 1.54) is 0 Å². The molecule has 9 heavy (non-hydrogen) atoms. The Hall–Kier alpha value is -0.340. The highest BCUT2D eigenvalue weighted by atomic mass is 16.7. The Morgan fingerprint density at radius 1 is 1.89 bits per heavy atom. The lowest BCUT2D eigenvalue weighted by molar-refractivity contribution is -0.106. The van der Waals surface area contributed by atoms with Crippen molar-refractivity contribution in [2.24, 2.45) is 0 Å². The lowest BCUT2D eigenvalue weighted by atomic mass is 10.3. The Bertz CT molecular complexity index is 109. The smallest absolute Gasteiger partial charge is 0.161 e. The van der Waals surface area contributed by atoms with Gasteiger partial charge < -0.3 is 9.47 Å². The normalized spacial score (nSPS) is 27.2. The third-order valence-electron chi connectivity index (χ3n) is 1.24. The highest BCUT2D eigenvalue weighted by Gasteiger charge is 2.17. The van der Waals surface area contributed by atoms with Gasteiger partial charge in [0.05, 0.1) is 6.61 Å². The van der Waals surface area contributed by atoms with Gasteiger partial charge in [0, 0.05) is 13.0 Å². The van der Waals surface area contributed by atoms with Crippen molar-refractivity contribution < 1.29 is 9.47 Å². The standard InChI is InChI=1S/C7H11O2/c1-3-8-7-4-6(2)5-9-7/h2,7H,3-5H2,1H3. The van der Waals surface area contributed by atoms with E-state index in [9.17, 15) is 0 Å². The van der Waals surface area contributed by atoms with E-state index in [2.05, 4.69) is 0 Å². The maximum absolute atomic E-state index is 5.47. The van der Waals surface area contributed by atoms with E-state index in [1.807, 2.05) is 6.92 Å². The summed E-state index contributed by atoms with van der Waals surface area (Å²) in [4.78, 5) is 0. The van der Waals surface area contributed by atoms with Gasteiger partial charge in [0.25, 0.3) is 0 Å². The molecule has 1 atom stereocenters. The fourth-order valence-electron chi connectivity index (χ4n) is 0.825.